The molecule has 0 spiro atoms. The Morgan fingerprint density at radius 1 is 1.36 bits per heavy atom. The molecule has 1 atom stereocenters. The zero-order chi connectivity index (χ0) is 15.4. The maximum Gasteiger partial charge on any atom is 0.223 e. The Kier molecular flexibility index (Phi) is 4.51. The van der Waals surface area contributed by atoms with Gasteiger partial charge in [-0.2, -0.15) is 0 Å². The Labute approximate surface area is 131 Å². The Morgan fingerprint density at radius 3 is 3.00 bits per heavy atom. The maximum atomic E-state index is 12.7. The summed E-state index contributed by atoms with van der Waals surface area (Å²) in [6, 6.07) is 4.38. The van der Waals surface area contributed by atoms with Gasteiger partial charge in [0.2, 0.25) is 5.91 Å². The van der Waals surface area contributed by atoms with E-state index in [4.69, 9.17) is 0 Å². The lowest BCUT2D eigenvalue weighted by molar-refractivity contribution is -0.135. The van der Waals surface area contributed by atoms with E-state index in [1.54, 1.807) is 18.6 Å². The summed E-state index contributed by atoms with van der Waals surface area (Å²) in [4.78, 5) is 23.0. The van der Waals surface area contributed by atoms with Crippen LogP contribution in [0.4, 0.5) is 0 Å². The molecule has 1 aliphatic heterocycles. The predicted molar refractivity (Wildman–Crippen MR) is 84.1 cm³/mol. The molecule has 0 unspecified atom stereocenters. The van der Waals surface area contributed by atoms with Crippen LogP contribution in [-0.2, 0) is 18.3 Å². The molecule has 2 aromatic heterocycles. The van der Waals surface area contributed by atoms with Gasteiger partial charge < -0.3 is 9.47 Å². The van der Waals surface area contributed by atoms with Gasteiger partial charge in [-0.05, 0) is 37.8 Å². The first-order chi connectivity index (χ1) is 10.8. The molecule has 1 saturated heterocycles. The molecule has 1 amide bonds. The maximum absolute atomic E-state index is 12.7. The van der Waals surface area contributed by atoms with Crippen LogP contribution in [0.15, 0.2) is 36.9 Å². The lowest BCUT2D eigenvalue weighted by Crippen LogP contribution is -2.39. The smallest absolute Gasteiger partial charge is 0.223 e. The minimum atomic E-state index is 0.211. The van der Waals surface area contributed by atoms with E-state index in [0.717, 1.165) is 25.1 Å². The fourth-order valence-electron chi connectivity index (χ4n) is 3.20. The number of aromatic nitrogens is 3. The van der Waals surface area contributed by atoms with Gasteiger partial charge in [-0.1, -0.05) is 0 Å². The summed E-state index contributed by atoms with van der Waals surface area (Å²) in [6.07, 6.45) is 11.6. The van der Waals surface area contributed by atoms with Crippen LogP contribution in [0.25, 0.3) is 0 Å². The normalized spacial score (nSPS) is 18.4. The van der Waals surface area contributed by atoms with Crippen LogP contribution in [0.1, 0.15) is 43.1 Å². The molecule has 5 heteroatoms. The second-order valence-corrected chi connectivity index (χ2v) is 5.84. The predicted octanol–water partition coefficient (Wildman–Crippen LogP) is 2.50. The van der Waals surface area contributed by atoms with E-state index in [1.165, 1.54) is 12.1 Å². The van der Waals surface area contributed by atoms with Crippen molar-refractivity contribution in [2.75, 3.05) is 6.54 Å². The summed E-state index contributed by atoms with van der Waals surface area (Å²) in [5, 5.41) is 0. The van der Waals surface area contributed by atoms with E-state index in [2.05, 4.69) is 25.5 Å². The van der Waals surface area contributed by atoms with Gasteiger partial charge in [-0.25, -0.2) is 0 Å². The van der Waals surface area contributed by atoms with Crippen LogP contribution in [0.3, 0.4) is 0 Å². The summed E-state index contributed by atoms with van der Waals surface area (Å²) in [5.41, 5.74) is 2.11. The van der Waals surface area contributed by atoms with Crippen molar-refractivity contribution in [2.45, 2.75) is 38.1 Å². The van der Waals surface area contributed by atoms with E-state index in [-0.39, 0.29) is 11.9 Å². The summed E-state index contributed by atoms with van der Waals surface area (Å²) in [7, 11) is 2.05. The van der Waals surface area contributed by atoms with Crippen molar-refractivity contribution in [1.29, 1.82) is 0 Å². The minimum Gasteiger partial charge on any atom is -0.353 e. The number of piperidine rings is 1. The van der Waals surface area contributed by atoms with Gasteiger partial charge in [0.05, 0.1) is 11.7 Å². The number of amides is 1. The van der Waals surface area contributed by atoms with Gasteiger partial charge in [-0.15, -0.1) is 0 Å². The lowest BCUT2D eigenvalue weighted by Gasteiger charge is -2.36. The fraction of sp³-hybridized carbons (Fsp3) is 0.471. The molecule has 0 aliphatic carbocycles. The molecule has 2 aromatic rings. The Hall–Kier alpha value is -2.17. The third kappa shape index (κ3) is 3.18. The number of carbonyl (C=O) groups is 1. The Morgan fingerprint density at radius 2 is 2.27 bits per heavy atom. The largest absolute Gasteiger partial charge is 0.353 e. The van der Waals surface area contributed by atoms with Crippen molar-refractivity contribution in [1.82, 2.24) is 19.4 Å². The van der Waals surface area contributed by atoms with Crippen LogP contribution < -0.4 is 0 Å². The van der Waals surface area contributed by atoms with Crippen LogP contribution in [0.5, 0.6) is 0 Å². The molecule has 0 N–H and O–H groups in total. The van der Waals surface area contributed by atoms with Gasteiger partial charge in [0.25, 0.3) is 0 Å². The van der Waals surface area contributed by atoms with Crippen LogP contribution in [0.2, 0.25) is 0 Å². The number of likely N-dealkylation sites (tertiary alicyclic amines) is 1. The highest BCUT2D eigenvalue weighted by molar-refractivity contribution is 5.77. The Balaban J connectivity index is 1.68. The molecule has 5 nitrogen and oxygen atoms in total. The standard InChI is InChI=1S/C17H22N4O/c1-20-11-4-6-15(20)16-5-2-3-12-21(16)17(22)8-7-14-13-18-9-10-19-14/h4,6,9-11,13,16H,2-3,5,7-8,12H2,1H3/t16-/m0/s1. The number of hydrogen-bond acceptors (Lipinski definition) is 3. The van der Waals surface area contributed by atoms with Crippen molar-refractivity contribution in [3.8, 4) is 0 Å². The quantitative estimate of drug-likeness (QED) is 0.871. The first kappa shape index (κ1) is 14.8. The summed E-state index contributed by atoms with van der Waals surface area (Å²) in [6.45, 7) is 0.856. The molecule has 22 heavy (non-hydrogen) atoms. The number of aryl methyl sites for hydroxylation is 2. The summed E-state index contributed by atoms with van der Waals surface area (Å²) in [5.74, 6) is 0.219. The summed E-state index contributed by atoms with van der Waals surface area (Å²) >= 11 is 0. The molecule has 1 aliphatic rings. The molecule has 0 radical (unpaired) electrons. The zero-order valence-electron chi connectivity index (χ0n) is 13.0. The van der Waals surface area contributed by atoms with Crippen molar-refractivity contribution in [3.05, 3.63) is 48.3 Å². The highest BCUT2D eigenvalue weighted by Crippen LogP contribution is 2.31. The Bertz CT molecular complexity index is 623. The third-order valence-electron chi connectivity index (χ3n) is 4.36. The van der Waals surface area contributed by atoms with Crippen molar-refractivity contribution in [3.63, 3.8) is 0 Å². The second-order valence-electron chi connectivity index (χ2n) is 5.84. The minimum absolute atomic E-state index is 0.211. The van der Waals surface area contributed by atoms with E-state index in [9.17, 15) is 4.79 Å². The van der Waals surface area contributed by atoms with E-state index < -0.39 is 0 Å². The lowest BCUT2D eigenvalue weighted by atomic mass is 9.98. The number of rotatable bonds is 4. The molecule has 1 fully saturated rings. The van der Waals surface area contributed by atoms with Crippen LogP contribution in [-0.4, -0.2) is 31.9 Å². The second kappa shape index (κ2) is 6.73. The van der Waals surface area contributed by atoms with Crippen molar-refractivity contribution in [2.24, 2.45) is 7.05 Å². The molecule has 3 rings (SSSR count). The highest BCUT2D eigenvalue weighted by atomic mass is 16.2. The molecule has 0 saturated carbocycles. The average molecular weight is 298 g/mol. The topological polar surface area (TPSA) is 51.0 Å². The van der Waals surface area contributed by atoms with Gasteiger partial charge in [0, 0.05) is 50.5 Å². The van der Waals surface area contributed by atoms with Crippen LogP contribution in [0, 0.1) is 0 Å². The molecule has 0 bridgehead atoms. The van der Waals surface area contributed by atoms with Gasteiger partial charge in [0.1, 0.15) is 0 Å². The molecule has 3 heterocycles. The monoisotopic (exact) mass is 298 g/mol. The number of hydrogen-bond donors (Lipinski definition) is 0. The third-order valence-corrected chi connectivity index (χ3v) is 4.36. The SMILES string of the molecule is Cn1cccc1[C@@H]1CCCCN1C(=O)CCc1cnccn1. The summed E-state index contributed by atoms with van der Waals surface area (Å²) < 4.78 is 2.12. The van der Waals surface area contributed by atoms with E-state index >= 15 is 0 Å². The molecule has 0 aromatic carbocycles. The zero-order valence-corrected chi connectivity index (χ0v) is 13.0. The van der Waals surface area contributed by atoms with Gasteiger partial charge >= 0.3 is 0 Å². The number of carbonyl (C=O) groups excluding carboxylic acids is 1. The first-order valence-corrected chi connectivity index (χ1v) is 7.91. The highest BCUT2D eigenvalue weighted by Gasteiger charge is 2.28. The van der Waals surface area contributed by atoms with Gasteiger partial charge in [-0.3, -0.25) is 14.8 Å². The first-order valence-electron chi connectivity index (χ1n) is 7.91. The van der Waals surface area contributed by atoms with Crippen LogP contribution >= 0.6 is 0 Å². The van der Waals surface area contributed by atoms with E-state index in [1.807, 2.05) is 19.3 Å². The van der Waals surface area contributed by atoms with Crippen molar-refractivity contribution >= 4 is 5.91 Å². The molecule has 116 valence electrons. The average Bonchev–Trinajstić information content (AvgIpc) is 2.99. The fourth-order valence-corrected chi connectivity index (χ4v) is 3.20. The molecular formula is C17H22N4O. The molecular weight excluding hydrogens is 276 g/mol. The van der Waals surface area contributed by atoms with Gasteiger partial charge in [0.15, 0.2) is 0 Å². The van der Waals surface area contributed by atoms with E-state index in [0.29, 0.717) is 12.8 Å². The number of nitrogens with zero attached hydrogens (tertiary/aromatic N) is 4. The van der Waals surface area contributed by atoms with Crippen molar-refractivity contribution < 1.29 is 4.79 Å².